The van der Waals surface area contributed by atoms with E-state index in [4.69, 9.17) is 16.3 Å². The molecular weight excluding hydrogens is 368 g/mol. The molecule has 0 unspecified atom stereocenters. The van der Waals surface area contributed by atoms with E-state index < -0.39 is 17.3 Å². The third-order valence-electron chi connectivity index (χ3n) is 4.39. The molecule has 2 aromatic rings. The maximum Gasteiger partial charge on any atom is 0.340 e. The highest BCUT2D eigenvalue weighted by Gasteiger charge is 2.56. The smallest absolute Gasteiger partial charge is 0.340 e. The fourth-order valence-corrected chi connectivity index (χ4v) is 2.81. The molecule has 0 aromatic heterocycles. The molecule has 140 valence electrons. The first-order valence-corrected chi connectivity index (χ1v) is 8.99. The fraction of sp³-hybridized carbons (Fsp3) is 0.250. The maximum absolute atomic E-state index is 12.8. The minimum absolute atomic E-state index is 0.231. The van der Waals surface area contributed by atoms with Crippen molar-refractivity contribution in [1.29, 1.82) is 0 Å². The number of hydrogen-bond acceptors (Lipinski definition) is 4. The van der Waals surface area contributed by atoms with E-state index >= 15 is 0 Å². The molecule has 7 heteroatoms. The molecule has 0 saturated heterocycles. The van der Waals surface area contributed by atoms with Gasteiger partial charge in [-0.2, -0.15) is 0 Å². The Labute approximate surface area is 161 Å². The SMILES string of the molecule is CCOC(=O)c1ccccc1NC(=O)C1(C(=O)Nc2ccc(Cl)cc2)CC1. The molecule has 0 aliphatic heterocycles. The van der Waals surface area contributed by atoms with Crippen LogP contribution in [0.1, 0.15) is 30.1 Å². The van der Waals surface area contributed by atoms with Crippen LogP contribution >= 0.6 is 11.6 Å². The summed E-state index contributed by atoms with van der Waals surface area (Å²) in [6, 6.07) is 13.2. The van der Waals surface area contributed by atoms with E-state index in [9.17, 15) is 14.4 Å². The van der Waals surface area contributed by atoms with Crippen LogP contribution in [0.5, 0.6) is 0 Å². The average molecular weight is 387 g/mol. The van der Waals surface area contributed by atoms with E-state index in [0.717, 1.165) is 0 Å². The molecule has 0 heterocycles. The van der Waals surface area contributed by atoms with Crippen molar-refractivity contribution >= 4 is 40.8 Å². The van der Waals surface area contributed by atoms with Crippen molar-refractivity contribution in [2.75, 3.05) is 17.2 Å². The Bertz CT molecular complexity index is 876. The number of amides is 2. The van der Waals surface area contributed by atoms with Crippen LogP contribution in [0.25, 0.3) is 0 Å². The number of ether oxygens (including phenoxy) is 1. The van der Waals surface area contributed by atoms with Gasteiger partial charge >= 0.3 is 5.97 Å². The Hall–Kier alpha value is -2.86. The minimum atomic E-state index is -1.14. The van der Waals surface area contributed by atoms with Crippen LogP contribution in [0.2, 0.25) is 5.02 Å². The van der Waals surface area contributed by atoms with E-state index in [-0.39, 0.29) is 18.1 Å². The highest BCUT2D eigenvalue weighted by atomic mass is 35.5. The molecular formula is C20H19ClN2O4. The zero-order valence-electron chi connectivity index (χ0n) is 14.8. The van der Waals surface area contributed by atoms with E-state index in [1.54, 1.807) is 55.5 Å². The Balaban J connectivity index is 1.73. The van der Waals surface area contributed by atoms with Crippen LogP contribution < -0.4 is 10.6 Å². The topological polar surface area (TPSA) is 84.5 Å². The Kier molecular flexibility index (Phi) is 5.46. The van der Waals surface area contributed by atoms with Gasteiger partial charge in [-0.15, -0.1) is 0 Å². The summed E-state index contributed by atoms with van der Waals surface area (Å²) in [4.78, 5) is 37.5. The molecule has 1 saturated carbocycles. The number of esters is 1. The Morgan fingerprint density at radius 3 is 2.26 bits per heavy atom. The number of anilines is 2. The second-order valence-electron chi connectivity index (χ2n) is 6.26. The summed E-state index contributed by atoms with van der Waals surface area (Å²) in [6.45, 7) is 1.94. The maximum atomic E-state index is 12.8. The lowest BCUT2D eigenvalue weighted by Gasteiger charge is -2.17. The summed E-state index contributed by atoms with van der Waals surface area (Å²) in [6.07, 6.45) is 0.889. The number of hydrogen-bond donors (Lipinski definition) is 2. The second-order valence-corrected chi connectivity index (χ2v) is 6.70. The quantitative estimate of drug-likeness (QED) is 0.583. The van der Waals surface area contributed by atoms with E-state index in [1.807, 2.05) is 0 Å². The van der Waals surface area contributed by atoms with Crippen LogP contribution in [0.15, 0.2) is 48.5 Å². The highest BCUT2D eigenvalue weighted by molar-refractivity contribution is 6.30. The number of halogens is 1. The molecule has 0 atom stereocenters. The fourth-order valence-electron chi connectivity index (χ4n) is 2.69. The van der Waals surface area contributed by atoms with Crippen molar-refractivity contribution in [1.82, 2.24) is 0 Å². The lowest BCUT2D eigenvalue weighted by molar-refractivity contribution is -0.131. The number of carbonyl (C=O) groups is 3. The summed E-state index contributed by atoms with van der Waals surface area (Å²) in [5.74, 6) is -1.34. The Morgan fingerprint density at radius 1 is 1.00 bits per heavy atom. The molecule has 1 fully saturated rings. The first-order valence-electron chi connectivity index (χ1n) is 8.61. The van der Waals surface area contributed by atoms with Gasteiger partial charge in [0.15, 0.2) is 0 Å². The summed E-state index contributed by atoms with van der Waals surface area (Å²) in [7, 11) is 0. The van der Waals surface area contributed by atoms with E-state index in [1.165, 1.54) is 0 Å². The molecule has 2 aromatic carbocycles. The van der Waals surface area contributed by atoms with Crippen molar-refractivity contribution < 1.29 is 19.1 Å². The third kappa shape index (κ3) is 4.11. The third-order valence-corrected chi connectivity index (χ3v) is 4.64. The summed E-state index contributed by atoms with van der Waals surface area (Å²) in [5, 5.41) is 6.01. The van der Waals surface area contributed by atoms with Crippen LogP contribution in [-0.4, -0.2) is 24.4 Å². The molecule has 2 N–H and O–H groups in total. The number of para-hydroxylation sites is 1. The van der Waals surface area contributed by atoms with Gasteiger partial charge in [0.2, 0.25) is 11.8 Å². The molecule has 0 spiro atoms. The normalized spacial score (nSPS) is 14.1. The van der Waals surface area contributed by atoms with Crippen molar-refractivity contribution in [3.05, 3.63) is 59.1 Å². The summed E-state index contributed by atoms with van der Waals surface area (Å²) >= 11 is 5.84. The average Bonchev–Trinajstić information content (AvgIpc) is 3.46. The van der Waals surface area contributed by atoms with E-state index in [2.05, 4.69) is 10.6 Å². The van der Waals surface area contributed by atoms with Gasteiger partial charge in [-0.25, -0.2) is 4.79 Å². The zero-order chi connectivity index (χ0) is 19.4. The summed E-state index contributed by atoms with van der Waals surface area (Å²) in [5.41, 5.74) is 0.00466. The molecule has 6 nitrogen and oxygen atoms in total. The highest BCUT2D eigenvalue weighted by Crippen LogP contribution is 2.47. The lowest BCUT2D eigenvalue weighted by atomic mass is 10.0. The van der Waals surface area contributed by atoms with Crippen molar-refractivity contribution in [3.8, 4) is 0 Å². The van der Waals surface area contributed by atoms with Crippen LogP contribution in [0.4, 0.5) is 11.4 Å². The standard InChI is InChI=1S/C20H19ClN2O4/c1-2-27-17(24)15-5-3-4-6-16(15)23-19(26)20(11-12-20)18(25)22-14-9-7-13(21)8-10-14/h3-10H,2,11-12H2,1H3,(H,22,25)(H,23,26). The molecule has 3 rings (SSSR count). The lowest BCUT2D eigenvalue weighted by Crippen LogP contribution is -2.36. The van der Waals surface area contributed by atoms with Gasteiger partial charge in [-0.05, 0) is 56.2 Å². The van der Waals surface area contributed by atoms with Gasteiger partial charge in [-0.1, -0.05) is 23.7 Å². The van der Waals surface area contributed by atoms with Gasteiger partial charge in [0.25, 0.3) is 0 Å². The number of rotatable bonds is 6. The van der Waals surface area contributed by atoms with Gasteiger partial charge in [0.1, 0.15) is 5.41 Å². The number of benzene rings is 2. The summed E-state index contributed by atoms with van der Waals surface area (Å²) < 4.78 is 5.01. The molecule has 1 aliphatic rings. The van der Waals surface area contributed by atoms with Gasteiger partial charge < -0.3 is 15.4 Å². The molecule has 0 radical (unpaired) electrons. The van der Waals surface area contributed by atoms with Crippen LogP contribution in [0, 0.1) is 5.41 Å². The number of nitrogens with one attached hydrogen (secondary N) is 2. The number of carbonyl (C=O) groups excluding carboxylic acids is 3. The first-order chi connectivity index (χ1) is 13.0. The predicted octanol–water partition coefficient (Wildman–Crippen LogP) is 3.87. The van der Waals surface area contributed by atoms with Gasteiger partial charge in [-0.3, -0.25) is 9.59 Å². The van der Waals surface area contributed by atoms with Crippen molar-refractivity contribution in [2.24, 2.45) is 5.41 Å². The monoisotopic (exact) mass is 386 g/mol. The molecule has 1 aliphatic carbocycles. The molecule has 2 amide bonds. The van der Waals surface area contributed by atoms with Crippen molar-refractivity contribution in [2.45, 2.75) is 19.8 Å². The Morgan fingerprint density at radius 2 is 1.63 bits per heavy atom. The largest absolute Gasteiger partial charge is 0.462 e. The molecule has 0 bridgehead atoms. The van der Waals surface area contributed by atoms with Gasteiger partial charge in [0.05, 0.1) is 17.9 Å². The van der Waals surface area contributed by atoms with Gasteiger partial charge in [0, 0.05) is 10.7 Å². The minimum Gasteiger partial charge on any atom is -0.462 e. The zero-order valence-corrected chi connectivity index (χ0v) is 15.5. The molecule has 27 heavy (non-hydrogen) atoms. The van der Waals surface area contributed by atoms with E-state index in [0.29, 0.717) is 29.2 Å². The van der Waals surface area contributed by atoms with Crippen molar-refractivity contribution in [3.63, 3.8) is 0 Å². The predicted molar refractivity (Wildman–Crippen MR) is 103 cm³/mol. The second kappa shape index (κ2) is 7.80. The van der Waals surface area contributed by atoms with Crippen LogP contribution in [-0.2, 0) is 14.3 Å². The first kappa shape index (κ1) is 18.9. The van der Waals surface area contributed by atoms with Crippen LogP contribution in [0.3, 0.4) is 0 Å².